The summed E-state index contributed by atoms with van der Waals surface area (Å²) in [6, 6.07) is 10.8. The molecule has 0 spiro atoms. The Morgan fingerprint density at radius 1 is 1.00 bits per heavy atom. The van der Waals surface area contributed by atoms with Crippen LogP contribution in [-0.2, 0) is 9.47 Å². The third kappa shape index (κ3) is 3.45. The molecular formula is C18H20O4. The van der Waals surface area contributed by atoms with Crippen molar-refractivity contribution in [3.05, 3.63) is 47.5 Å². The van der Waals surface area contributed by atoms with Gasteiger partial charge in [0, 0.05) is 0 Å². The maximum absolute atomic E-state index is 12.4. The molecule has 0 heterocycles. The number of ether oxygens (including phenoxy) is 2. The number of rotatable bonds is 3. The fourth-order valence-corrected chi connectivity index (χ4v) is 2.20. The molecule has 0 N–H and O–H groups in total. The Kier molecular flexibility index (Phi) is 4.50. The number of fused-ring (bicyclic) bond motifs is 1. The van der Waals surface area contributed by atoms with E-state index in [0.29, 0.717) is 5.39 Å². The Hall–Kier alpha value is -2.36. The maximum atomic E-state index is 12.4. The van der Waals surface area contributed by atoms with Crippen LogP contribution >= 0.6 is 0 Å². The molecule has 0 saturated carbocycles. The van der Waals surface area contributed by atoms with Gasteiger partial charge in [-0.15, -0.1) is 0 Å². The van der Waals surface area contributed by atoms with Crippen LogP contribution in [0.15, 0.2) is 36.4 Å². The van der Waals surface area contributed by atoms with Gasteiger partial charge in [0.05, 0.1) is 17.7 Å². The first kappa shape index (κ1) is 16.0. The highest BCUT2D eigenvalue weighted by molar-refractivity contribution is 6.12. The minimum atomic E-state index is -0.630. The van der Waals surface area contributed by atoms with Gasteiger partial charge in [-0.05, 0) is 44.5 Å². The molecule has 0 radical (unpaired) electrons. The van der Waals surface area contributed by atoms with Crippen LogP contribution in [-0.4, -0.2) is 24.1 Å². The van der Waals surface area contributed by atoms with Gasteiger partial charge in [-0.3, -0.25) is 0 Å². The van der Waals surface area contributed by atoms with E-state index < -0.39 is 17.5 Å². The van der Waals surface area contributed by atoms with Crippen LogP contribution in [0, 0.1) is 0 Å². The highest BCUT2D eigenvalue weighted by Crippen LogP contribution is 2.25. The van der Waals surface area contributed by atoms with Crippen molar-refractivity contribution in [3.8, 4) is 0 Å². The largest absolute Gasteiger partial charge is 0.462 e. The summed E-state index contributed by atoms with van der Waals surface area (Å²) in [5.41, 5.74) is -0.143. The van der Waals surface area contributed by atoms with Gasteiger partial charge in [0.15, 0.2) is 0 Å². The second-order valence-corrected chi connectivity index (χ2v) is 5.93. The number of hydrogen-bond acceptors (Lipinski definition) is 4. The Morgan fingerprint density at radius 3 is 2.32 bits per heavy atom. The summed E-state index contributed by atoms with van der Waals surface area (Å²) in [6.45, 7) is 7.34. The number of carbonyl (C=O) groups is 2. The van der Waals surface area contributed by atoms with Crippen LogP contribution in [0.3, 0.4) is 0 Å². The number of esters is 2. The van der Waals surface area contributed by atoms with Gasteiger partial charge in [0.25, 0.3) is 0 Å². The number of carbonyl (C=O) groups excluding carboxylic acids is 2. The third-order valence-corrected chi connectivity index (χ3v) is 3.03. The average Bonchev–Trinajstić information content (AvgIpc) is 2.44. The van der Waals surface area contributed by atoms with E-state index in [4.69, 9.17) is 9.47 Å². The van der Waals surface area contributed by atoms with Crippen LogP contribution < -0.4 is 0 Å². The second-order valence-electron chi connectivity index (χ2n) is 5.93. The van der Waals surface area contributed by atoms with Crippen molar-refractivity contribution in [3.63, 3.8) is 0 Å². The lowest BCUT2D eigenvalue weighted by atomic mass is 9.98. The summed E-state index contributed by atoms with van der Waals surface area (Å²) in [5, 5.41) is 1.56. The van der Waals surface area contributed by atoms with Crippen LogP contribution in [0.4, 0.5) is 0 Å². The fraction of sp³-hybridized carbons (Fsp3) is 0.333. The monoisotopic (exact) mass is 300 g/mol. The lowest BCUT2D eigenvalue weighted by Crippen LogP contribution is -2.25. The van der Waals surface area contributed by atoms with Gasteiger partial charge >= 0.3 is 11.9 Å². The van der Waals surface area contributed by atoms with Crippen molar-refractivity contribution in [1.29, 1.82) is 0 Å². The summed E-state index contributed by atoms with van der Waals surface area (Å²) in [6.07, 6.45) is 0. The van der Waals surface area contributed by atoms with Crippen molar-refractivity contribution in [1.82, 2.24) is 0 Å². The van der Waals surface area contributed by atoms with E-state index in [0.717, 1.165) is 5.39 Å². The molecule has 2 rings (SSSR count). The van der Waals surface area contributed by atoms with E-state index >= 15 is 0 Å². The molecule has 4 heteroatoms. The van der Waals surface area contributed by atoms with E-state index in [2.05, 4.69) is 0 Å². The summed E-state index contributed by atoms with van der Waals surface area (Å²) >= 11 is 0. The molecule has 2 aromatic rings. The standard InChI is InChI=1S/C18H20O4/c1-5-21-17(20)15-13-9-7-6-8-12(13)10-11-14(15)16(19)22-18(2,3)4/h6-11H,5H2,1-4H3. The predicted octanol–water partition coefficient (Wildman–Crippen LogP) is 3.97. The highest BCUT2D eigenvalue weighted by Gasteiger charge is 2.25. The highest BCUT2D eigenvalue weighted by atomic mass is 16.6. The molecule has 0 amide bonds. The van der Waals surface area contributed by atoms with Crippen LogP contribution in [0.5, 0.6) is 0 Å². The Bertz CT molecular complexity index is 711. The zero-order valence-corrected chi connectivity index (χ0v) is 13.3. The Labute approximate surface area is 130 Å². The van der Waals surface area contributed by atoms with E-state index in [1.807, 2.05) is 18.2 Å². The van der Waals surface area contributed by atoms with Crippen molar-refractivity contribution in [2.45, 2.75) is 33.3 Å². The minimum absolute atomic E-state index is 0.229. The molecule has 0 aliphatic carbocycles. The third-order valence-electron chi connectivity index (χ3n) is 3.03. The van der Waals surface area contributed by atoms with Crippen LogP contribution in [0.2, 0.25) is 0 Å². The van der Waals surface area contributed by atoms with Gasteiger partial charge < -0.3 is 9.47 Å². The maximum Gasteiger partial charge on any atom is 0.339 e. The molecule has 0 fully saturated rings. The molecule has 0 aliphatic heterocycles. The van der Waals surface area contributed by atoms with E-state index in [1.165, 1.54) is 0 Å². The van der Waals surface area contributed by atoms with Crippen molar-refractivity contribution < 1.29 is 19.1 Å². The molecule has 0 atom stereocenters. The predicted molar refractivity (Wildman–Crippen MR) is 85.1 cm³/mol. The van der Waals surface area contributed by atoms with Gasteiger partial charge in [0.2, 0.25) is 0 Å². The zero-order valence-electron chi connectivity index (χ0n) is 13.3. The van der Waals surface area contributed by atoms with Gasteiger partial charge in [-0.1, -0.05) is 30.3 Å². The summed E-state index contributed by atoms with van der Waals surface area (Å²) < 4.78 is 10.5. The zero-order chi connectivity index (χ0) is 16.3. The normalized spacial score (nSPS) is 11.3. The van der Waals surface area contributed by atoms with E-state index in [-0.39, 0.29) is 17.7 Å². The first-order chi connectivity index (χ1) is 10.3. The first-order valence-corrected chi connectivity index (χ1v) is 7.25. The smallest absolute Gasteiger partial charge is 0.339 e. The molecule has 0 bridgehead atoms. The first-order valence-electron chi connectivity index (χ1n) is 7.25. The molecule has 0 saturated heterocycles. The quantitative estimate of drug-likeness (QED) is 0.805. The van der Waals surface area contributed by atoms with Gasteiger partial charge in [0.1, 0.15) is 5.60 Å². The molecule has 0 unspecified atom stereocenters. The Morgan fingerprint density at radius 2 is 1.68 bits per heavy atom. The lowest BCUT2D eigenvalue weighted by molar-refractivity contribution is 0.00647. The van der Waals surface area contributed by atoms with Gasteiger partial charge in [-0.2, -0.15) is 0 Å². The topological polar surface area (TPSA) is 52.6 Å². The lowest BCUT2D eigenvalue weighted by Gasteiger charge is -2.20. The van der Waals surface area contributed by atoms with Crippen molar-refractivity contribution in [2.75, 3.05) is 6.61 Å². The molecule has 116 valence electrons. The molecule has 22 heavy (non-hydrogen) atoms. The van der Waals surface area contributed by atoms with Crippen molar-refractivity contribution in [2.24, 2.45) is 0 Å². The SMILES string of the molecule is CCOC(=O)c1c(C(=O)OC(C)(C)C)ccc2ccccc12. The van der Waals surface area contributed by atoms with Crippen LogP contribution in [0.25, 0.3) is 10.8 Å². The second kappa shape index (κ2) is 6.18. The fourth-order valence-electron chi connectivity index (χ4n) is 2.20. The molecule has 2 aromatic carbocycles. The molecule has 0 aliphatic rings. The summed E-state index contributed by atoms with van der Waals surface area (Å²) in [5.74, 6) is -1.04. The van der Waals surface area contributed by atoms with Crippen molar-refractivity contribution >= 4 is 22.7 Å². The van der Waals surface area contributed by atoms with Crippen LogP contribution in [0.1, 0.15) is 48.4 Å². The Balaban J connectivity index is 2.60. The van der Waals surface area contributed by atoms with E-state index in [1.54, 1.807) is 45.9 Å². The molecule has 0 aromatic heterocycles. The van der Waals surface area contributed by atoms with Gasteiger partial charge in [-0.25, -0.2) is 9.59 Å². The summed E-state index contributed by atoms with van der Waals surface area (Å²) in [4.78, 5) is 24.7. The average molecular weight is 300 g/mol. The molecular weight excluding hydrogens is 280 g/mol. The minimum Gasteiger partial charge on any atom is -0.462 e. The molecule has 4 nitrogen and oxygen atoms in total. The number of hydrogen-bond donors (Lipinski definition) is 0. The van der Waals surface area contributed by atoms with E-state index in [9.17, 15) is 9.59 Å². The summed E-state index contributed by atoms with van der Waals surface area (Å²) in [7, 11) is 0. The number of benzene rings is 2.